The maximum atomic E-state index is 12.7. The molecule has 0 saturated carbocycles. The molecule has 0 bridgehead atoms. The SMILES string of the molecule is COc1ccc2c(c1OC)C(=O)O[C@@H]2CC(=O)c1ccc2c(c1)OCO2. The normalized spacial score (nSPS) is 16.8. The zero-order valence-corrected chi connectivity index (χ0v) is 14.2. The Balaban J connectivity index is 1.61. The van der Waals surface area contributed by atoms with E-state index in [0.29, 0.717) is 39.7 Å². The second-order valence-electron chi connectivity index (χ2n) is 5.85. The summed E-state index contributed by atoms with van der Waals surface area (Å²) in [5.74, 6) is 1.20. The average Bonchev–Trinajstić information content (AvgIpc) is 3.25. The Bertz CT molecular complexity index is 903. The van der Waals surface area contributed by atoms with Gasteiger partial charge in [0.15, 0.2) is 28.8 Å². The Morgan fingerprint density at radius 2 is 1.92 bits per heavy atom. The smallest absolute Gasteiger partial charge is 0.343 e. The predicted molar refractivity (Wildman–Crippen MR) is 89.2 cm³/mol. The number of esters is 1. The van der Waals surface area contributed by atoms with Crippen molar-refractivity contribution in [3.05, 3.63) is 47.0 Å². The molecule has 0 spiro atoms. The number of Topliss-reactive ketones (excluding diaryl/α,β-unsaturated/α-hetero) is 1. The number of benzene rings is 2. The fourth-order valence-corrected chi connectivity index (χ4v) is 3.18. The summed E-state index contributed by atoms with van der Waals surface area (Å²) in [6.07, 6.45) is -0.649. The lowest BCUT2D eigenvalue weighted by Crippen LogP contribution is -2.07. The molecule has 0 unspecified atom stereocenters. The first-order valence-corrected chi connectivity index (χ1v) is 8.01. The third-order valence-electron chi connectivity index (χ3n) is 4.44. The maximum absolute atomic E-state index is 12.7. The van der Waals surface area contributed by atoms with Gasteiger partial charge in [-0.1, -0.05) is 6.07 Å². The summed E-state index contributed by atoms with van der Waals surface area (Å²) in [6, 6.07) is 8.41. The highest BCUT2D eigenvalue weighted by Gasteiger charge is 2.37. The molecule has 0 fully saturated rings. The number of fused-ring (bicyclic) bond motifs is 2. The number of cyclic esters (lactones) is 1. The Kier molecular flexibility index (Phi) is 3.91. The molecule has 7 heteroatoms. The minimum Gasteiger partial charge on any atom is -0.493 e. The third kappa shape index (κ3) is 2.52. The highest BCUT2D eigenvalue weighted by atomic mass is 16.7. The van der Waals surface area contributed by atoms with Crippen LogP contribution in [0.4, 0.5) is 0 Å². The van der Waals surface area contributed by atoms with Crippen LogP contribution < -0.4 is 18.9 Å². The summed E-state index contributed by atoms with van der Waals surface area (Å²) in [6.45, 7) is 0.141. The molecule has 0 aliphatic carbocycles. The average molecular weight is 356 g/mol. The lowest BCUT2D eigenvalue weighted by molar-refractivity contribution is 0.0365. The molecule has 0 radical (unpaired) electrons. The Morgan fingerprint density at radius 1 is 1.12 bits per heavy atom. The summed E-state index contributed by atoms with van der Waals surface area (Å²) in [7, 11) is 2.95. The number of rotatable bonds is 5. The summed E-state index contributed by atoms with van der Waals surface area (Å²) >= 11 is 0. The fraction of sp³-hybridized carbons (Fsp3) is 0.263. The van der Waals surface area contributed by atoms with Crippen molar-refractivity contribution in [2.45, 2.75) is 12.5 Å². The Labute approximate surface area is 149 Å². The molecule has 2 aromatic rings. The summed E-state index contributed by atoms with van der Waals surface area (Å²) < 4.78 is 26.5. The molecule has 2 heterocycles. The second-order valence-corrected chi connectivity index (χ2v) is 5.85. The quantitative estimate of drug-likeness (QED) is 0.602. The van der Waals surface area contributed by atoms with Crippen LogP contribution >= 0.6 is 0 Å². The van der Waals surface area contributed by atoms with Crippen LogP contribution in [-0.2, 0) is 4.74 Å². The van der Waals surface area contributed by atoms with E-state index >= 15 is 0 Å². The van der Waals surface area contributed by atoms with E-state index < -0.39 is 12.1 Å². The summed E-state index contributed by atoms with van der Waals surface area (Å²) in [4.78, 5) is 24.9. The number of hydrogen-bond acceptors (Lipinski definition) is 7. The van der Waals surface area contributed by atoms with Gasteiger partial charge in [0.25, 0.3) is 0 Å². The number of methoxy groups -OCH3 is 2. The summed E-state index contributed by atoms with van der Waals surface area (Å²) in [5.41, 5.74) is 1.39. The van der Waals surface area contributed by atoms with Crippen LogP contribution in [-0.4, -0.2) is 32.8 Å². The van der Waals surface area contributed by atoms with Gasteiger partial charge in [0.1, 0.15) is 11.7 Å². The van der Waals surface area contributed by atoms with Crippen LogP contribution in [0.25, 0.3) is 0 Å². The molecule has 7 nitrogen and oxygen atoms in total. The fourth-order valence-electron chi connectivity index (χ4n) is 3.18. The summed E-state index contributed by atoms with van der Waals surface area (Å²) in [5, 5.41) is 0. The van der Waals surface area contributed by atoms with Crippen LogP contribution in [0.1, 0.15) is 38.8 Å². The molecule has 0 amide bonds. The minimum atomic E-state index is -0.671. The standard InChI is InChI=1S/C19H16O7/c1-22-14-6-4-11-15(26-19(21)17(11)18(14)23-2)8-12(20)10-3-5-13-16(7-10)25-9-24-13/h3-7,15H,8-9H2,1-2H3/t15-/m1/s1. The molecule has 4 rings (SSSR count). The number of hydrogen-bond donors (Lipinski definition) is 0. The van der Waals surface area contributed by atoms with Crippen molar-refractivity contribution in [3.8, 4) is 23.0 Å². The van der Waals surface area contributed by atoms with E-state index in [2.05, 4.69) is 0 Å². The van der Waals surface area contributed by atoms with Crippen LogP contribution in [0.15, 0.2) is 30.3 Å². The van der Waals surface area contributed by atoms with Gasteiger partial charge in [-0.2, -0.15) is 0 Å². The molecule has 26 heavy (non-hydrogen) atoms. The van der Waals surface area contributed by atoms with Gasteiger partial charge in [-0.3, -0.25) is 4.79 Å². The first kappa shape index (κ1) is 16.3. The van der Waals surface area contributed by atoms with Crippen molar-refractivity contribution in [3.63, 3.8) is 0 Å². The first-order chi connectivity index (χ1) is 12.6. The minimum absolute atomic E-state index is 0.0217. The zero-order valence-electron chi connectivity index (χ0n) is 14.2. The zero-order chi connectivity index (χ0) is 18.3. The van der Waals surface area contributed by atoms with Crippen molar-refractivity contribution in [2.75, 3.05) is 21.0 Å². The van der Waals surface area contributed by atoms with Crippen LogP contribution in [0.5, 0.6) is 23.0 Å². The largest absolute Gasteiger partial charge is 0.493 e. The maximum Gasteiger partial charge on any atom is 0.343 e. The molecule has 0 aromatic heterocycles. The highest BCUT2D eigenvalue weighted by Crippen LogP contribution is 2.43. The Morgan fingerprint density at radius 3 is 2.69 bits per heavy atom. The first-order valence-electron chi connectivity index (χ1n) is 8.01. The molecule has 2 aliphatic rings. The molecule has 2 aromatic carbocycles. The molecular weight excluding hydrogens is 340 g/mol. The molecule has 134 valence electrons. The van der Waals surface area contributed by atoms with Crippen LogP contribution in [0.3, 0.4) is 0 Å². The number of ketones is 1. The molecular formula is C19H16O7. The van der Waals surface area contributed by atoms with Crippen LogP contribution in [0.2, 0.25) is 0 Å². The van der Waals surface area contributed by atoms with Crippen molar-refractivity contribution in [1.82, 2.24) is 0 Å². The van der Waals surface area contributed by atoms with Crippen molar-refractivity contribution < 1.29 is 33.3 Å². The van der Waals surface area contributed by atoms with E-state index in [1.165, 1.54) is 14.2 Å². The van der Waals surface area contributed by atoms with E-state index in [9.17, 15) is 9.59 Å². The van der Waals surface area contributed by atoms with Crippen molar-refractivity contribution in [2.24, 2.45) is 0 Å². The van der Waals surface area contributed by atoms with Gasteiger partial charge >= 0.3 is 5.97 Å². The van der Waals surface area contributed by atoms with Crippen molar-refractivity contribution in [1.29, 1.82) is 0 Å². The van der Waals surface area contributed by atoms with E-state index in [1.807, 2.05) is 0 Å². The molecule has 0 N–H and O–H groups in total. The van der Waals surface area contributed by atoms with Crippen molar-refractivity contribution >= 4 is 11.8 Å². The predicted octanol–water partition coefficient (Wildman–Crippen LogP) is 2.92. The van der Waals surface area contributed by atoms with E-state index in [-0.39, 0.29) is 19.0 Å². The van der Waals surface area contributed by atoms with Gasteiger partial charge in [-0.15, -0.1) is 0 Å². The topological polar surface area (TPSA) is 80.3 Å². The van der Waals surface area contributed by atoms with E-state index in [4.69, 9.17) is 23.7 Å². The highest BCUT2D eigenvalue weighted by molar-refractivity contribution is 6.01. The number of ether oxygens (including phenoxy) is 5. The number of carbonyl (C=O) groups is 2. The van der Waals surface area contributed by atoms with E-state index in [0.717, 1.165) is 0 Å². The molecule has 1 atom stereocenters. The Hall–Kier alpha value is -3.22. The van der Waals surface area contributed by atoms with Gasteiger partial charge in [-0.25, -0.2) is 4.79 Å². The van der Waals surface area contributed by atoms with Gasteiger partial charge in [-0.05, 0) is 24.3 Å². The monoisotopic (exact) mass is 356 g/mol. The van der Waals surface area contributed by atoms with Gasteiger partial charge in [0, 0.05) is 11.1 Å². The van der Waals surface area contributed by atoms with Gasteiger partial charge < -0.3 is 23.7 Å². The molecule has 2 aliphatic heterocycles. The second kappa shape index (κ2) is 6.25. The van der Waals surface area contributed by atoms with Crippen LogP contribution in [0, 0.1) is 0 Å². The van der Waals surface area contributed by atoms with Gasteiger partial charge in [0.05, 0.1) is 20.6 Å². The lowest BCUT2D eigenvalue weighted by Gasteiger charge is -2.12. The molecule has 0 saturated heterocycles. The lowest BCUT2D eigenvalue weighted by atomic mass is 9.97. The van der Waals surface area contributed by atoms with Gasteiger partial charge in [0.2, 0.25) is 6.79 Å². The number of carbonyl (C=O) groups excluding carboxylic acids is 2. The van der Waals surface area contributed by atoms with E-state index in [1.54, 1.807) is 30.3 Å². The third-order valence-corrected chi connectivity index (χ3v) is 4.44.